The average molecular weight is 262 g/mol. The number of pyridine rings is 1. The van der Waals surface area contributed by atoms with Crippen LogP contribution in [0.25, 0.3) is 0 Å². The summed E-state index contributed by atoms with van der Waals surface area (Å²) in [5, 5.41) is 3.01. The van der Waals surface area contributed by atoms with Gasteiger partial charge in [-0.05, 0) is 25.0 Å². The minimum absolute atomic E-state index is 0.143. The van der Waals surface area contributed by atoms with Gasteiger partial charge in [0, 0.05) is 30.7 Å². The number of aromatic nitrogens is 1. The highest BCUT2D eigenvalue weighted by molar-refractivity contribution is 5.94. The maximum Gasteiger partial charge on any atom is 0.260 e. The monoisotopic (exact) mass is 262 g/mol. The summed E-state index contributed by atoms with van der Waals surface area (Å²) in [6, 6.07) is 3.36. The molecule has 5 nitrogen and oxygen atoms in total. The summed E-state index contributed by atoms with van der Waals surface area (Å²) in [5.41, 5.74) is -0.161. The Morgan fingerprint density at radius 2 is 2.42 bits per heavy atom. The maximum atomic E-state index is 12.1. The van der Waals surface area contributed by atoms with Crippen LogP contribution in [0.3, 0.4) is 0 Å². The van der Waals surface area contributed by atoms with Crippen molar-refractivity contribution in [2.45, 2.75) is 31.9 Å². The fraction of sp³-hybridized carbons (Fsp3) is 0.571. The van der Waals surface area contributed by atoms with E-state index in [0.29, 0.717) is 17.9 Å². The van der Waals surface area contributed by atoms with Crippen molar-refractivity contribution in [3.8, 4) is 0 Å². The van der Waals surface area contributed by atoms with Crippen molar-refractivity contribution < 1.29 is 9.53 Å². The van der Waals surface area contributed by atoms with E-state index in [2.05, 4.69) is 17.2 Å². The fourth-order valence-corrected chi connectivity index (χ4v) is 3.36. The van der Waals surface area contributed by atoms with Crippen LogP contribution in [0.1, 0.15) is 30.1 Å². The predicted molar refractivity (Wildman–Crippen MR) is 69.9 cm³/mol. The predicted octanol–water partition coefficient (Wildman–Crippen LogP) is 0.918. The number of hydrogen-bond acceptors (Lipinski definition) is 3. The number of carbonyl (C=O) groups excluding carboxylic acids is 1. The lowest BCUT2D eigenvalue weighted by Gasteiger charge is -2.47. The Bertz CT molecular complexity index is 539. The molecule has 0 unspecified atom stereocenters. The number of rotatable bonds is 3. The molecular formula is C14H18N2O3. The summed E-state index contributed by atoms with van der Waals surface area (Å²) in [6.07, 6.45) is 3.80. The Kier molecular flexibility index (Phi) is 3.14. The maximum absolute atomic E-state index is 12.1. The van der Waals surface area contributed by atoms with Crippen LogP contribution in [-0.4, -0.2) is 29.6 Å². The summed E-state index contributed by atoms with van der Waals surface area (Å²) in [6.45, 7) is 2.89. The van der Waals surface area contributed by atoms with Crippen molar-refractivity contribution in [1.82, 2.24) is 10.3 Å². The number of nitrogens with one attached hydrogen (secondary N) is 2. The normalized spacial score (nSPS) is 32.5. The standard InChI is InChI=1S/C14H18N2O3/c1-2-8-11(9-5-7-19-12(8)9)16-14(18)10-4-3-6-15-13(10)17/h3-4,6,8-9,11-12H,2,5,7H2,1H3,(H,15,17)(H,16,18)/t8-,9+,11-,12-/m1/s1. The Hall–Kier alpha value is -1.62. The summed E-state index contributed by atoms with van der Waals surface area (Å²) in [7, 11) is 0. The van der Waals surface area contributed by atoms with Gasteiger partial charge in [-0.3, -0.25) is 9.59 Å². The summed E-state index contributed by atoms with van der Waals surface area (Å²) in [4.78, 5) is 26.3. The van der Waals surface area contributed by atoms with E-state index in [1.807, 2.05) is 0 Å². The van der Waals surface area contributed by atoms with E-state index in [1.165, 1.54) is 6.20 Å². The third kappa shape index (κ3) is 1.98. The van der Waals surface area contributed by atoms with E-state index in [9.17, 15) is 9.59 Å². The van der Waals surface area contributed by atoms with Gasteiger partial charge < -0.3 is 15.0 Å². The van der Waals surface area contributed by atoms with E-state index in [4.69, 9.17) is 4.74 Å². The quantitative estimate of drug-likeness (QED) is 0.851. The molecular weight excluding hydrogens is 244 g/mol. The molecule has 1 aliphatic heterocycles. The molecule has 5 heteroatoms. The van der Waals surface area contributed by atoms with Crippen molar-refractivity contribution in [3.63, 3.8) is 0 Å². The molecule has 0 aromatic carbocycles. The second-order valence-electron chi connectivity index (χ2n) is 5.27. The fourth-order valence-electron chi connectivity index (χ4n) is 3.36. The molecule has 1 aliphatic carbocycles. The number of amides is 1. The summed E-state index contributed by atoms with van der Waals surface area (Å²) < 4.78 is 5.68. The zero-order valence-corrected chi connectivity index (χ0v) is 10.9. The molecule has 3 rings (SSSR count). The minimum Gasteiger partial charge on any atom is -0.377 e. The Morgan fingerprint density at radius 3 is 3.16 bits per heavy atom. The van der Waals surface area contributed by atoms with Crippen LogP contribution < -0.4 is 10.9 Å². The lowest BCUT2D eigenvalue weighted by molar-refractivity contribution is -0.0545. The van der Waals surface area contributed by atoms with Gasteiger partial charge in [-0.15, -0.1) is 0 Å². The average Bonchev–Trinajstić information content (AvgIpc) is 2.81. The van der Waals surface area contributed by atoms with Crippen molar-refractivity contribution in [2.75, 3.05) is 6.61 Å². The van der Waals surface area contributed by atoms with Crippen molar-refractivity contribution in [3.05, 3.63) is 34.2 Å². The SMILES string of the molecule is CC[C@@H]1[C@@H](NC(=O)c2ccc[nH]c2=O)[C@@H]2CCO[C@H]12. The number of hydrogen-bond donors (Lipinski definition) is 2. The molecule has 1 aromatic rings. The van der Waals surface area contributed by atoms with Gasteiger partial charge >= 0.3 is 0 Å². The lowest BCUT2D eigenvalue weighted by atomic mass is 9.65. The van der Waals surface area contributed by atoms with Gasteiger partial charge in [-0.1, -0.05) is 6.92 Å². The molecule has 1 aromatic heterocycles. The molecule has 19 heavy (non-hydrogen) atoms. The third-order valence-electron chi connectivity index (χ3n) is 4.36. The van der Waals surface area contributed by atoms with Crippen LogP contribution in [0.4, 0.5) is 0 Å². The number of fused-ring (bicyclic) bond motifs is 1. The van der Waals surface area contributed by atoms with Crippen molar-refractivity contribution in [2.24, 2.45) is 11.8 Å². The highest BCUT2D eigenvalue weighted by Gasteiger charge is 2.53. The lowest BCUT2D eigenvalue weighted by Crippen LogP contribution is -2.61. The molecule has 2 N–H and O–H groups in total. The van der Waals surface area contributed by atoms with Gasteiger partial charge in [-0.2, -0.15) is 0 Å². The molecule has 0 spiro atoms. The van der Waals surface area contributed by atoms with Crippen LogP contribution >= 0.6 is 0 Å². The Morgan fingerprint density at radius 1 is 1.58 bits per heavy atom. The largest absolute Gasteiger partial charge is 0.377 e. The van der Waals surface area contributed by atoms with Gasteiger partial charge in [0.05, 0.1) is 6.10 Å². The first-order valence-electron chi connectivity index (χ1n) is 6.82. The number of ether oxygens (including phenoxy) is 1. The second kappa shape index (κ2) is 4.81. The molecule has 4 atom stereocenters. The molecule has 1 saturated carbocycles. The molecule has 2 aliphatic rings. The zero-order valence-electron chi connectivity index (χ0n) is 10.9. The van der Waals surface area contributed by atoms with E-state index in [1.54, 1.807) is 12.1 Å². The number of carbonyl (C=O) groups is 1. The van der Waals surface area contributed by atoms with E-state index >= 15 is 0 Å². The number of H-pyrrole nitrogens is 1. The van der Waals surface area contributed by atoms with Crippen molar-refractivity contribution in [1.29, 1.82) is 0 Å². The van der Waals surface area contributed by atoms with Crippen LogP contribution in [-0.2, 0) is 4.74 Å². The zero-order chi connectivity index (χ0) is 13.4. The summed E-state index contributed by atoms with van der Waals surface area (Å²) in [5.74, 6) is 0.506. The van der Waals surface area contributed by atoms with E-state index in [0.717, 1.165) is 19.4 Å². The Balaban J connectivity index is 1.73. The Labute approximate surface area is 111 Å². The van der Waals surface area contributed by atoms with Gasteiger partial charge in [0.1, 0.15) is 5.56 Å². The van der Waals surface area contributed by atoms with E-state index in [-0.39, 0.29) is 23.1 Å². The van der Waals surface area contributed by atoms with Crippen LogP contribution in [0.15, 0.2) is 23.1 Å². The first kappa shape index (κ1) is 12.4. The smallest absolute Gasteiger partial charge is 0.260 e. The molecule has 102 valence electrons. The van der Waals surface area contributed by atoms with Gasteiger partial charge in [0.15, 0.2) is 0 Å². The molecule has 0 bridgehead atoms. The summed E-state index contributed by atoms with van der Waals surface area (Å²) >= 11 is 0. The van der Waals surface area contributed by atoms with Crippen LogP contribution in [0.5, 0.6) is 0 Å². The highest BCUT2D eigenvalue weighted by atomic mass is 16.5. The minimum atomic E-state index is -0.341. The first-order chi connectivity index (χ1) is 9.22. The number of aromatic amines is 1. The molecule has 2 fully saturated rings. The molecule has 1 amide bonds. The molecule has 0 radical (unpaired) electrons. The molecule has 2 heterocycles. The van der Waals surface area contributed by atoms with Crippen LogP contribution in [0, 0.1) is 11.8 Å². The van der Waals surface area contributed by atoms with Gasteiger partial charge in [0.2, 0.25) is 0 Å². The first-order valence-corrected chi connectivity index (χ1v) is 6.82. The second-order valence-corrected chi connectivity index (χ2v) is 5.27. The topological polar surface area (TPSA) is 71.2 Å². The van der Waals surface area contributed by atoms with Gasteiger partial charge in [-0.25, -0.2) is 0 Å². The van der Waals surface area contributed by atoms with E-state index < -0.39 is 0 Å². The molecule has 1 saturated heterocycles. The highest BCUT2D eigenvalue weighted by Crippen LogP contribution is 2.45. The third-order valence-corrected chi connectivity index (χ3v) is 4.36. The van der Waals surface area contributed by atoms with Gasteiger partial charge in [0.25, 0.3) is 11.5 Å². The van der Waals surface area contributed by atoms with Crippen LogP contribution in [0.2, 0.25) is 0 Å². The van der Waals surface area contributed by atoms with Crippen molar-refractivity contribution >= 4 is 5.91 Å².